The third-order valence-electron chi connectivity index (χ3n) is 3.29. The molecule has 1 amide bonds. The van der Waals surface area contributed by atoms with Crippen LogP contribution in [0.25, 0.3) is 6.08 Å². The largest absolute Gasteiger partial charge is 0.491 e. The summed E-state index contributed by atoms with van der Waals surface area (Å²) in [6, 6.07) is 12.6. The normalized spacial score (nSPS) is 10.9. The van der Waals surface area contributed by atoms with E-state index in [0.29, 0.717) is 33.1 Å². The molecule has 0 aliphatic rings. The van der Waals surface area contributed by atoms with E-state index in [-0.39, 0.29) is 5.57 Å². The molecule has 0 bridgehead atoms. The lowest BCUT2D eigenvalue weighted by Gasteiger charge is -2.09. The van der Waals surface area contributed by atoms with Gasteiger partial charge in [0.2, 0.25) is 0 Å². The Kier molecular flexibility index (Phi) is 6.63. The van der Waals surface area contributed by atoms with E-state index in [0.717, 1.165) is 5.56 Å². The lowest BCUT2D eigenvalue weighted by molar-refractivity contribution is -0.112. The highest BCUT2D eigenvalue weighted by molar-refractivity contribution is 9.10. The number of halogens is 2. The molecule has 0 saturated heterocycles. The van der Waals surface area contributed by atoms with Gasteiger partial charge >= 0.3 is 0 Å². The molecule has 0 fully saturated rings. The molecule has 0 spiro atoms. The van der Waals surface area contributed by atoms with E-state index in [9.17, 15) is 10.1 Å². The fourth-order valence-corrected chi connectivity index (χ4v) is 3.08. The molecule has 0 aliphatic carbocycles. The smallest absolute Gasteiger partial charge is 0.266 e. The zero-order valence-corrected chi connectivity index (χ0v) is 16.1. The van der Waals surface area contributed by atoms with Crippen LogP contribution in [0, 0.1) is 18.3 Å². The summed E-state index contributed by atoms with van der Waals surface area (Å²) in [6.45, 7) is 4.30. The summed E-state index contributed by atoms with van der Waals surface area (Å²) in [5, 5.41) is 12.4. The Morgan fingerprint density at radius 2 is 2.04 bits per heavy atom. The van der Waals surface area contributed by atoms with Crippen LogP contribution in [0.1, 0.15) is 18.1 Å². The van der Waals surface area contributed by atoms with Crippen molar-refractivity contribution in [3.05, 3.63) is 62.6 Å². The number of hydrogen-bond donors (Lipinski definition) is 1. The number of carbonyl (C=O) groups excluding carboxylic acids is 1. The monoisotopic (exact) mass is 418 g/mol. The van der Waals surface area contributed by atoms with Gasteiger partial charge in [0.25, 0.3) is 5.91 Å². The number of amides is 1. The van der Waals surface area contributed by atoms with Crippen molar-refractivity contribution in [2.45, 2.75) is 13.8 Å². The first-order valence-corrected chi connectivity index (χ1v) is 8.73. The van der Waals surface area contributed by atoms with Gasteiger partial charge < -0.3 is 10.1 Å². The third kappa shape index (κ3) is 5.09. The van der Waals surface area contributed by atoms with Crippen LogP contribution in [-0.2, 0) is 4.79 Å². The highest BCUT2D eigenvalue weighted by Gasteiger charge is 2.12. The van der Waals surface area contributed by atoms with E-state index < -0.39 is 5.91 Å². The number of nitrogens with zero attached hydrogens (tertiary/aromatic N) is 1. The van der Waals surface area contributed by atoms with E-state index in [4.69, 9.17) is 16.3 Å². The minimum atomic E-state index is -0.479. The number of carbonyl (C=O) groups is 1. The number of nitriles is 1. The Hall–Kier alpha value is -2.29. The minimum absolute atomic E-state index is 0.0206. The molecule has 4 nitrogen and oxygen atoms in total. The minimum Gasteiger partial charge on any atom is -0.491 e. The van der Waals surface area contributed by atoms with Crippen molar-refractivity contribution < 1.29 is 9.53 Å². The first-order valence-electron chi connectivity index (χ1n) is 7.56. The number of aryl methyl sites for hydroxylation is 1. The van der Waals surface area contributed by atoms with Gasteiger partial charge in [0.15, 0.2) is 5.75 Å². The second-order valence-electron chi connectivity index (χ2n) is 5.24. The topological polar surface area (TPSA) is 62.1 Å². The molecule has 0 radical (unpaired) electrons. The summed E-state index contributed by atoms with van der Waals surface area (Å²) in [5.74, 6) is 0.0522. The van der Waals surface area contributed by atoms with Crippen molar-refractivity contribution >= 4 is 45.2 Å². The van der Waals surface area contributed by atoms with Gasteiger partial charge in [-0.05, 0) is 65.7 Å². The Labute approximate surface area is 160 Å². The molecule has 0 heterocycles. The number of rotatable bonds is 5. The molecule has 2 aromatic rings. The standard InChI is InChI=1S/C19H16BrClN2O2/c1-3-25-18-16(20)9-13(10-17(18)21)8-14(11-22)19(24)23-15-6-4-12(2)5-7-15/h4-10H,3H2,1-2H3,(H,23,24)/b14-8-. The summed E-state index contributed by atoms with van der Waals surface area (Å²) in [6.07, 6.45) is 1.48. The van der Waals surface area contributed by atoms with Crippen LogP contribution in [-0.4, -0.2) is 12.5 Å². The van der Waals surface area contributed by atoms with Crippen LogP contribution in [0.2, 0.25) is 5.02 Å². The molecule has 0 atom stereocenters. The number of anilines is 1. The summed E-state index contributed by atoms with van der Waals surface area (Å²) in [7, 11) is 0. The molecule has 128 valence electrons. The van der Waals surface area contributed by atoms with Crippen molar-refractivity contribution in [3.63, 3.8) is 0 Å². The average molecular weight is 420 g/mol. The Balaban J connectivity index is 2.26. The Morgan fingerprint density at radius 1 is 1.36 bits per heavy atom. The SMILES string of the molecule is CCOc1c(Cl)cc(/C=C(/C#N)C(=O)Nc2ccc(C)cc2)cc1Br. The molecule has 0 saturated carbocycles. The van der Waals surface area contributed by atoms with Gasteiger partial charge in [-0.15, -0.1) is 0 Å². The van der Waals surface area contributed by atoms with E-state index >= 15 is 0 Å². The second-order valence-corrected chi connectivity index (χ2v) is 6.50. The number of nitrogens with one attached hydrogen (secondary N) is 1. The summed E-state index contributed by atoms with van der Waals surface area (Å²) in [4.78, 5) is 12.3. The maximum atomic E-state index is 12.3. The summed E-state index contributed by atoms with van der Waals surface area (Å²) < 4.78 is 6.10. The van der Waals surface area contributed by atoms with Crippen molar-refractivity contribution in [2.75, 3.05) is 11.9 Å². The predicted octanol–water partition coefficient (Wildman–Crippen LogP) is 5.36. The van der Waals surface area contributed by atoms with Crippen LogP contribution < -0.4 is 10.1 Å². The molecule has 2 aromatic carbocycles. The van der Waals surface area contributed by atoms with Crippen LogP contribution in [0.4, 0.5) is 5.69 Å². The van der Waals surface area contributed by atoms with Gasteiger partial charge in [-0.3, -0.25) is 4.79 Å². The number of ether oxygens (including phenoxy) is 1. The molecular weight excluding hydrogens is 404 g/mol. The highest BCUT2D eigenvalue weighted by atomic mass is 79.9. The van der Waals surface area contributed by atoms with Gasteiger partial charge in [0.05, 0.1) is 16.1 Å². The third-order valence-corrected chi connectivity index (χ3v) is 4.16. The summed E-state index contributed by atoms with van der Waals surface area (Å²) >= 11 is 9.58. The molecule has 1 N–H and O–H groups in total. The van der Waals surface area contributed by atoms with E-state index in [1.807, 2.05) is 32.0 Å². The van der Waals surface area contributed by atoms with Gasteiger partial charge in [-0.2, -0.15) is 5.26 Å². The molecule has 6 heteroatoms. The quantitative estimate of drug-likeness (QED) is 0.524. The van der Waals surface area contributed by atoms with Crippen molar-refractivity contribution in [1.82, 2.24) is 0 Å². The fraction of sp³-hybridized carbons (Fsp3) is 0.158. The van der Waals surface area contributed by atoms with Crippen molar-refractivity contribution in [1.29, 1.82) is 5.26 Å². The maximum absolute atomic E-state index is 12.3. The second kappa shape index (κ2) is 8.70. The van der Waals surface area contributed by atoms with Crippen molar-refractivity contribution in [3.8, 4) is 11.8 Å². The molecule has 25 heavy (non-hydrogen) atoms. The highest BCUT2D eigenvalue weighted by Crippen LogP contribution is 2.35. The lowest BCUT2D eigenvalue weighted by Crippen LogP contribution is -2.13. The van der Waals surface area contributed by atoms with E-state index in [1.165, 1.54) is 6.08 Å². The maximum Gasteiger partial charge on any atom is 0.266 e. The van der Waals surface area contributed by atoms with Gasteiger partial charge in [-0.1, -0.05) is 29.3 Å². The van der Waals surface area contributed by atoms with Crippen LogP contribution in [0.3, 0.4) is 0 Å². The van der Waals surface area contributed by atoms with Crippen molar-refractivity contribution in [2.24, 2.45) is 0 Å². The van der Waals surface area contributed by atoms with E-state index in [1.54, 1.807) is 24.3 Å². The summed E-state index contributed by atoms with van der Waals surface area (Å²) in [5.41, 5.74) is 2.31. The van der Waals surface area contributed by atoms with Gasteiger partial charge in [0, 0.05) is 5.69 Å². The molecule has 0 aromatic heterocycles. The van der Waals surface area contributed by atoms with Crippen LogP contribution >= 0.6 is 27.5 Å². The fourth-order valence-electron chi connectivity index (χ4n) is 2.10. The first kappa shape index (κ1) is 19.0. The van der Waals surface area contributed by atoms with Crippen LogP contribution in [0.15, 0.2) is 46.4 Å². The molecule has 2 rings (SSSR count). The molecule has 0 aliphatic heterocycles. The zero-order chi connectivity index (χ0) is 18.4. The lowest BCUT2D eigenvalue weighted by atomic mass is 10.1. The van der Waals surface area contributed by atoms with Crippen LogP contribution in [0.5, 0.6) is 5.75 Å². The average Bonchev–Trinajstić information content (AvgIpc) is 2.58. The Morgan fingerprint density at radius 3 is 2.60 bits per heavy atom. The molecular formula is C19H16BrClN2O2. The Bertz CT molecular complexity index is 832. The predicted molar refractivity (Wildman–Crippen MR) is 104 cm³/mol. The number of hydrogen-bond acceptors (Lipinski definition) is 3. The van der Waals surface area contributed by atoms with E-state index in [2.05, 4.69) is 21.2 Å². The molecule has 0 unspecified atom stereocenters. The van der Waals surface area contributed by atoms with Gasteiger partial charge in [-0.25, -0.2) is 0 Å². The van der Waals surface area contributed by atoms with Gasteiger partial charge in [0.1, 0.15) is 11.6 Å². The number of benzene rings is 2. The first-order chi connectivity index (χ1) is 11.9. The zero-order valence-electron chi connectivity index (χ0n) is 13.8.